The van der Waals surface area contributed by atoms with E-state index in [-0.39, 0.29) is 12.5 Å². The Morgan fingerprint density at radius 2 is 1.53 bits per heavy atom. The first-order valence-corrected chi connectivity index (χ1v) is 4.87. The fraction of sp³-hybridized carbons (Fsp3) is 0.200. The van der Waals surface area contributed by atoms with Crippen LogP contribution in [0, 0.1) is 0 Å². The van der Waals surface area contributed by atoms with E-state index in [1.54, 1.807) is 31.7 Å². The Hall–Kier alpha value is -2.44. The van der Waals surface area contributed by atoms with E-state index in [2.05, 4.69) is 9.97 Å². The van der Waals surface area contributed by atoms with Crippen LogP contribution in [0.15, 0.2) is 37.4 Å². The highest BCUT2D eigenvalue weighted by Gasteiger charge is 2.03. The monoisotopic (exact) mass is 236 g/mol. The van der Waals surface area contributed by atoms with Gasteiger partial charge in [0.25, 0.3) is 0 Å². The van der Waals surface area contributed by atoms with E-state index in [1.807, 2.05) is 0 Å². The Bertz CT molecular complexity index is 425. The van der Waals surface area contributed by atoms with Gasteiger partial charge in [0.05, 0.1) is 0 Å². The Balaban J connectivity index is 0.000000249. The molecule has 17 heavy (non-hydrogen) atoms. The quantitative estimate of drug-likeness (QED) is 0.800. The number of hydrogen-bond acceptors (Lipinski definition) is 4. The first-order chi connectivity index (χ1) is 8.15. The van der Waals surface area contributed by atoms with Crippen LogP contribution in [0.4, 0.5) is 4.79 Å². The third-order valence-corrected chi connectivity index (χ3v) is 1.75. The third kappa shape index (κ3) is 3.90. The maximum Gasteiger partial charge on any atom is 0.338 e. The summed E-state index contributed by atoms with van der Waals surface area (Å²) in [6.45, 7) is 1.60. The highest BCUT2D eigenvalue weighted by atomic mass is 16.4. The molecule has 2 aromatic rings. The van der Waals surface area contributed by atoms with Gasteiger partial charge in [0.1, 0.15) is 12.7 Å². The number of carboxylic acid groups (broad SMARTS) is 1. The van der Waals surface area contributed by atoms with Gasteiger partial charge in [0.15, 0.2) is 0 Å². The molecule has 0 fully saturated rings. The number of aromatic nitrogens is 4. The Kier molecular flexibility index (Phi) is 4.61. The molecule has 1 N–H and O–H groups in total. The maximum atomic E-state index is 11.4. The molecule has 0 bridgehead atoms. The SMILES string of the molecule is CCC(=O)O.O=C(n1ccnc1)n1ccnc1. The second kappa shape index (κ2) is 6.21. The summed E-state index contributed by atoms with van der Waals surface area (Å²) in [5, 5.41) is 7.72. The molecule has 7 heteroatoms. The molecule has 2 heterocycles. The van der Waals surface area contributed by atoms with Crippen molar-refractivity contribution in [2.24, 2.45) is 0 Å². The Morgan fingerprint density at radius 1 is 1.12 bits per heavy atom. The van der Waals surface area contributed by atoms with Gasteiger partial charge < -0.3 is 5.11 Å². The first kappa shape index (κ1) is 12.6. The summed E-state index contributed by atoms with van der Waals surface area (Å²) in [6, 6.07) is -0.190. The molecule has 0 amide bonds. The molecular weight excluding hydrogens is 224 g/mol. The highest BCUT2D eigenvalue weighted by molar-refractivity contribution is 5.78. The smallest absolute Gasteiger partial charge is 0.338 e. The van der Waals surface area contributed by atoms with Crippen molar-refractivity contribution in [2.45, 2.75) is 13.3 Å². The number of aliphatic carboxylic acids is 1. The minimum Gasteiger partial charge on any atom is -0.481 e. The number of carboxylic acids is 1. The van der Waals surface area contributed by atoms with E-state index >= 15 is 0 Å². The van der Waals surface area contributed by atoms with Gasteiger partial charge >= 0.3 is 12.0 Å². The second-order valence-corrected chi connectivity index (χ2v) is 2.97. The zero-order valence-electron chi connectivity index (χ0n) is 9.22. The summed E-state index contributed by atoms with van der Waals surface area (Å²) < 4.78 is 2.75. The summed E-state index contributed by atoms with van der Waals surface area (Å²) in [7, 11) is 0. The van der Waals surface area contributed by atoms with Crippen LogP contribution in [0.5, 0.6) is 0 Å². The molecule has 0 aliphatic rings. The lowest BCUT2D eigenvalue weighted by molar-refractivity contribution is -0.136. The number of imidazole rings is 2. The lowest BCUT2D eigenvalue weighted by atomic mass is 10.5. The standard InChI is InChI=1S/C7H6N4O.C3H6O2/c12-7(10-3-1-8-5-10)11-4-2-9-6-11;1-2-3(4)5/h1-6H;2H2,1H3,(H,4,5). The number of nitrogens with zero attached hydrogens (tertiary/aromatic N) is 4. The average molecular weight is 236 g/mol. The van der Waals surface area contributed by atoms with Crippen molar-refractivity contribution in [1.82, 2.24) is 19.1 Å². The van der Waals surface area contributed by atoms with Gasteiger partial charge in [-0.3, -0.25) is 13.9 Å². The Labute approximate surface area is 97.3 Å². The van der Waals surface area contributed by atoms with Gasteiger partial charge in [-0.05, 0) is 0 Å². The minimum absolute atomic E-state index is 0.190. The molecule has 0 aliphatic carbocycles. The van der Waals surface area contributed by atoms with Crippen molar-refractivity contribution in [3.05, 3.63) is 37.4 Å². The van der Waals surface area contributed by atoms with Crippen molar-refractivity contribution < 1.29 is 14.7 Å². The average Bonchev–Trinajstić information content (AvgIpc) is 3.01. The lowest BCUT2D eigenvalue weighted by Gasteiger charge is -1.98. The number of hydrogen-bond donors (Lipinski definition) is 1. The third-order valence-electron chi connectivity index (χ3n) is 1.75. The van der Waals surface area contributed by atoms with E-state index in [0.717, 1.165) is 0 Å². The molecule has 0 aliphatic heterocycles. The molecule has 0 spiro atoms. The van der Waals surface area contributed by atoms with Crippen molar-refractivity contribution in [3.63, 3.8) is 0 Å². The van der Waals surface area contributed by atoms with Crippen molar-refractivity contribution in [3.8, 4) is 0 Å². The molecule has 7 nitrogen and oxygen atoms in total. The molecule has 0 saturated heterocycles. The molecule has 0 aromatic carbocycles. The maximum absolute atomic E-state index is 11.4. The fourth-order valence-electron chi connectivity index (χ4n) is 0.878. The molecule has 2 rings (SSSR count). The predicted octanol–water partition coefficient (Wildman–Crippen LogP) is 1.08. The summed E-state index contributed by atoms with van der Waals surface area (Å²) in [4.78, 5) is 28.3. The van der Waals surface area contributed by atoms with Crippen molar-refractivity contribution in [1.29, 1.82) is 0 Å². The lowest BCUT2D eigenvalue weighted by Crippen LogP contribution is -2.15. The zero-order valence-corrected chi connectivity index (χ0v) is 9.22. The van der Waals surface area contributed by atoms with Crippen molar-refractivity contribution >= 4 is 12.0 Å². The molecule has 0 unspecified atom stereocenters. The highest BCUT2D eigenvalue weighted by Crippen LogP contribution is 1.91. The topological polar surface area (TPSA) is 90.0 Å². The van der Waals surface area contributed by atoms with E-state index in [1.165, 1.54) is 21.8 Å². The van der Waals surface area contributed by atoms with Crippen LogP contribution >= 0.6 is 0 Å². The molecule has 0 radical (unpaired) electrons. The number of rotatable bonds is 1. The normalized spacial score (nSPS) is 9.24. The van der Waals surface area contributed by atoms with E-state index in [9.17, 15) is 9.59 Å². The van der Waals surface area contributed by atoms with Gasteiger partial charge in [-0.25, -0.2) is 14.8 Å². The van der Waals surface area contributed by atoms with Gasteiger partial charge in [-0.1, -0.05) is 6.92 Å². The Morgan fingerprint density at radius 3 is 1.76 bits per heavy atom. The van der Waals surface area contributed by atoms with E-state index in [0.29, 0.717) is 0 Å². The number of carbonyl (C=O) groups excluding carboxylic acids is 1. The summed E-state index contributed by atoms with van der Waals surface area (Å²) in [6.07, 6.45) is 9.39. The molecule has 0 saturated carbocycles. The van der Waals surface area contributed by atoms with Gasteiger partial charge in [-0.15, -0.1) is 0 Å². The van der Waals surface area contributed by atoms with E-state index in [4.69, 9.17) is 5.11 Å². The van der Waals surface area contributed by atoms with Gasteiger partial charge in [0.2, 0.25) is 0 Å². The summed E-state index contributed by atoms with van der Waals surface area (Å²) in [5.74, 6) is -0.745. The van der Waals surface area contributed by atoms with Crippen LogP contribution in [0.2, 0.25) is 0 Å². The van der Waals surface area contributed by atoms with Crippen molar-refractivity contribution in [2.75, 3.05) is 0 Å². The summed E-state index contributed by atoms with van der Waals surface area (Å²) >= 11 is 0. The summed E-state index contributed by atoms with van der Waals surface area (Å²) in [5.41, 5.74) is 0. The van der Waals surface area contributed by atoms with Gasteiger partial charge in [0, 0.05) is 31.2 Å². The molecular formula is C10H12N4O3. The van der Waals surface area contributed by atoms with Crippen LogP contribution in [0.25, 0.3) is 0 Å². The number of carbonyl (C=O) groups is 2. The molecule has 2 aromatic heterocycles. The van der Waals surface area contributed by atoms with Crippen LogP contribution in [-0.4, -0.2) is 36.2 Å². The second-order valence-electron chi connectivity index (χ2n) is 2.97. The first-order valence-electron chi connectivity index (χ1n) is 4.87. The predicted molar refractivity (Wildman–Crippen MR) is 58.6 cm³/mol. The van der Waals surface area contributed by atoms with Crippen LogP contribution in [0.3, 0.4) is 0 Å². The molecule has 90 valence electrons. The minimum atomic E-state index is -0.745. The largest absolute Gasteiger partial charge is 0.481 e. The van der Waals surface area contributed by atoms with Crippen LogP contribution in [0.1, 0.15) is 13.3 Å². The molecule has 0 atom stereocenters. The fourth-order valence-corrected chi connectivity index (χ4v) is 0.878. The van der Waals surface area contributed by atoms with Gasteiger partial charge in [-0.2, -0.15) is 0 Å². The van der Waals surface area contributed by atoms with E-state index < -0.39 is 5.97 Å². The van der Waals surface area contributed by atoms with Crippen LogP contribution in [-0.2, 0) is 4.79 Å². The zero-order chi connectivity index (χ0) is 12.7. The van der Waals surface area contributed by atoms with Crippen LogP contribution < -0.4 is 0 Å².